The molecule has 1 amide bonds. The number of hydrogen-bond donors (Lipinski definition) is 0. The summed E-state index contributed by atoms with van der Waals surface area (Å²) in [7, 11) is 0. The molecule has 0 bridgehead atoms. The Balaban J connectivity index is 1.51. The summed E-state index contributed by atoms with van der Waals surface area (Å²) in [6.07, 6.45) is 4.32. The standard InChI is InChI=1S/C20H17N5OS/c26-20(17-4-1-2-8-21-17)24-10-6-15(12-24)25-18(14-7-11-27-13-14)23-16-5-3-9-22-19(16)25/h1-5,7-9,11,13,15H,6,10,12H2. The lowest BCUT2D eigenvalue weighted by molar-refractivity contribution is 0.0782. The van der Waals surface area contributed by atoms with E-state index in [2.05, 4.69) is 31.4 Å². The molecule has 1 fully saturated rings. The van der Waals surface area contributed by atoms with Crippen LogP contribution in [0.15, 0.2) is 59.6 Å². The van der Waals surface area contributed by atoms with Gasteiger partial charge >= 0.3 is 0 Å². The SMILES string of the molecule is O=C(c1ccccn1)N1CCC(n2c(-c3ccsc3)nc3cccnc32)C1. The highest BCUT2D eigenvalue weighted by Crippen LogP contribution is 2.33. The zero-order valence-electron chi connectivity index (χ0n) is 14.5. The lowest BCUT2D eigenvalue weighted by atomic mass is 10.2. The lowest BCUT2D eigenvalue weighted by Gasteiger charge is -2.18. The first kappa shape index (κ1) is 16.1. The minimum atomic E-state index is -0.0208. The van der Waals surface area contributed by atoms with Gasteiger partial charge in [-0.3, -0.25) is 9.78 Å². The summed E-state index contributed by atoms with van der Waals surface area (Å²) in [6.45, 7) is 1.34. The van der Waals surface area contributed by atoms with Gasteiger partial charge in [-0.15, -0.1) is 0 Å². The van der Waals surface area contributed by atoms with Crippen molar-refractivity contribution < 1.29 is 4.79 Å². The highest BCUT2D eigenvalue weighted by molar-refractivity contribution is 7.08. The van der Waals surface area contributed by atoms with E-state index in [0.717, 1.165) is 29.0 Å². The topological polar surface area (TPSA) is 63.9 Å². The van der Waals surface area contributed by atoms with Crippen LogP contribution in [-0.2, 0) is 0 Å². The molecule has 134 valence electrons. The molecule has 0 aliphatic carbocycles. The molecule has 5 heterocycles. The van der Waals surface area contributed by atoms with Gasteiger partial charge in [-0.05, 0) is 42.1 Å². The van der Waals surface area contributed by atoms with Crippen LogP contribution in [0.2, 0.25) is 0 Å². The third kappa shape index (κ3) is 2.80. The van der Waals surface area contributed by atoms with Gasteiger partial charge in [0, 0.05) is 36.4 Å². The van der Waals surface area contributed by atoms with Crippen molar-refractivity contribution in [1.82, 2.24) is 24.4 Å². The van der Waals surface area contributed by atoms with E-state index in [0.29, 0.717) is 18.8 Å². The average Bonchev–Trinajstić information content (AvgIpc) is 3.46. The molecule has 1 atom stereocenters. The molecular weight excluding hydrogens is 358 g/mol. The van der Waals surface area contributed by atoms with E-state index in [-0.39, 0.29) is 11.9 Å². The van der Waals surface area contributed by atoms with Crippen LogP contribution in [0.4, 0.5) is 0 Å². The maximum atomic E-state index is 12.8. The first-order chi connectivity index (χ1) is 13.3. The molecule has 0 N–H and O–H groups in total. The van der Waals surface area contributed by atoms with E-state index in [4.69, 9.17) is 4.98 Å². The molecule has 7 heteroatoms. The highest BCUT2D eigenvalue weighted by Gasteiger charge is 2.31. The van der Waals surface area contributed by atoms with Gasteiger partial charge in [-0.25, -0.2) is 9.97 Å². The number of thiophene rings is 1. The number of amides is 1. The summed E-state index contributed by atoms with van der Waals surface area (Å²) >= 11 is 1.65. The molecule has 0 saturated carbocycles. The second kappa shape index (κ2) is 6.59. The zero-order chi connectivity index (χ0) is 18.2. The van der Waals surface area contributed by atoms with Crippen molar-refractivity contribution >= 4 is 28.4 Å². The zero-order valence-corrected chi connectivity index (χ0v) is 15.3. The van der Waals surface area contributed by atoms with Gasteiger partial charge in [-0.2, -0.15) is 11.3 Å². The monoisotopic (exact) mass is 375 g/mol. The third-order valence-electron chi connectivity index (χ3n) is 4.93. The van der Waals surface area contributed by atoms with E-state index < -0.39 is 0 Å². The minimum Gasteiger partial charge on any atom is -0.335 e. The maximum Gasteiger partial charge on any atom is 0.272 e. The Labute approximate surface area is 160 Å². The number of imidazole rings is 1. The van der Waals surface area contributed by atoms with Crippen LogP contribution in [0, 0.1) is 0 Å². The molecule has 1 saturated heterocycles. The van der Waals surface area contributed by atoms with Crippen LogP contribution in [0.3, 0.4) is 0 Å². The minimum absolute atomic E-state index is 0.0208. The number of pyridine rings is 2. The molecule has 0 spiro atoms. The van der Waals surface area contributed by atoms with Crippen molar-refractivity contribution in [3.05, 3.63) is 65.2 Å². The predicted molar refractivity (Wildman–Crippen MR) is 105 cm³/mol. The highest BCUT2D eigenvalue weighted by atomic mass is 32.1. The molecule has 6 nitrogen and oxygen atoms in total. The van der Waals surface area contributed by atoms with E-state index in [9.17, 15) is 4.79 Å². The van der Waals surface area contributed by atoms with Crippen LogP contribution in [0.1, 0.15) is 23.0 Å². The molecule has 5 rings (SSSR count). The quantitative estimate of drug-likeness (QED) is 0.548. The third-order valence-corrected chi connectivity index (χ3v) is 5.61. The first-order valence-electron chi connectivity index (χ1n) is 8.87. The summed E-state index contributed by atoms with van der Waals surface area (Å²) in [6, 6.07) is 11.5. The van der Waals surface area contributed by atoms with Crippen molar-refractivity contribution in [3.8, 4) is 11.4 Å². The molecule has 1 aliphatic rings. The van der Waals surface area contributed by atoms with E-state index in [1.807, 2.05) is 29.2 Å². The number of rotatable bonds is 3. The van der Waals surface area contributed by atoms with Crippen molar-refractivity contribution in [2.24, 2.45) is 0 Å². The van der Waals surface area contributed by atoms with Crippen LogP contribution in [0.5, 0.6) is 0 Å². The molecule has 27 heavy (non-hydrogen) atoms. The van der Waals surface area contributed by atoms with Gasteiger partial charge < -0.3 is 9.47 Å². The maximum absolute atomic E-state index is 12.8. The second-order valence-electron chi connectivity index (χ2n) is 6.57. The second-order valence-corrected chi connectivity index (χ2v) is 7.35. The average molecular weight is 375 g/mol. The van der Waals surface area contributed by atoms with E-state index in [1.54, 1.807) is 29.8 Å². The van der Waals surface area contributed by atoms with Crippen molar-refractivity contribution in [2.45, 2.75) is 12.5 Å². The number of fused-ring (bicyclic) bond motifs is 1. The van der Waals surface area contributed by atoms with Crippen LogP contribution < -0.4 is 0 Å². The van der Waals surface area contributed by atoms with Gasteiger partial charge in [0.15, 0.2) is 5.65 Å². The summed E-state index contributed by atoms with van der Waals surface area (Å²) in [5, 5.41) is 4.15. The predicted octanol–water partition coefficient (Wildman–Crippen LogP) is 3.64. The number of likely N-dealkylation sites (tertiary alicyclic amines) is 1. The van der Waals surface area contributed by atoms with E-state index >= 15 is 0 Å². The fourth-order valence-corrected chi connectivity index (χ4v) is 4.29. The van der Waals surface area contributed by atoms with Gasteiger partial charge in [0.25, 0.3) is 5.91 Å². The van der Waals surface area contributed by atoms with Crippen molar-refractivity contribution in [3.63, 3.8) is 0 Å². The fraction of sp³-hybridized carbons (Fsp3) is 0.200. The summed E-state index contributed by atoms with van der Waals surface area (Å²) in [4.78, 5) is 28.2. The Kier molecular flexibility index (Phi) is 3.94. The molecule has 4 aromatic rings. The summed E-state index contributed by atoms with van der Waals surface area (Å²) in [5.41, 5.74) is 3.33. The number of hydrogen-bond acceptors (Lipinski definition) is 5. The Bertz CT molecular complexity index is 1090. The normalized spacial score (nSPS) is 16.9. The lowest BCUT2D eigenvalue weighted by Crippen LogP contribution is -2.29. The molecule has 4 aromatic heterocycles. The smallest absolute Gasteiger partial charge is 0.272 e. The van der Waals surface area contributed by atoms with Gasteiger partial charge in [0.2, 0.25) is 0 Å². The molecular formula is C20H17N5OS. The van der Waals surface area contributed by atoms with Crippen LogP contribution in [0.25, 0.3) is 22.6 Å². The Morgan fingerprint density at radius 3 is 2.85 bits per heavy atom. The largest absolute Gasteiger partial charge is 0.335 e. The number of carbonyl (C=O) groups excluding carboxylic acids is 1. The summed E-state index contributed by atoms with van der Waals surface area (Å²) in [5.74, 6) is 0.898. The van der Waals surface area contributed by atoms with Crippen LogP contribution >= 0.6 is 11.3 Å². The molecule has 0 radical (unpaired) electrons. The number of carbonyl (C=O) groups is 1. The Morgan fingerprint density at radius 2 is 2.04 bits per heavy atom. The Hall–Kier alpha value is -3.06. The molecule has 0 aromatic carbocycles. The molecule has 1 aliphatic heterocycles. The number of nitrogens with zero attached hydrogens (tertiary/aromatic N) is 5. The Morgan fingerprint density at radius 1 is 1.11 bits per heavy atom. The van der Waals surface area contributed by atoms with E-state index in [1.165, 1.54) is 0 Å². The van der Waals surface area contributed by atoms with Gasteiger partial charge in [-0.1, -0.05) is 6.07 Å². The van der Waals surface area contributed by atoms with Gasteiger partial charge in [0.05, 0.1) is 6.04 Å². The van der Waals surface area contributed by atoms with Crippen molar-refractivity contribution in [1.29, 1.82) is 0 Å². The van der Waals surface area contributed by atoms with Crippen molar-refractivity contribution in [2.75, 3.05) is 13.1 Å². The first-order valence-corrected chi connectivity index (χ1v) is 9.81. The van der Waals surface area contributed by atoms with Gasteiger partial charge in [0.1, 0.15) is 17.0 Å². The van der Waals surface area contributed by atoms with Crippen LogP contribution in [-0.4, -0.2) is 43.4 Å². The summed E-state index contributed by atoms with van der Waals surface area (Å²) < 4.78 is 2.20. The molecule has 1 unspecified atom stereocenters. The number of aromatic nitrogens is 4. The fourth-order valence-electron chi connectivity index (χ4n) is 3.66.